The number of nitro groups is 1. The third-order valence-corrected chi connectivity index (χ3v) is 4.29. The van der Waals surface area contributed by atoms with Gasteiger partial charge in [-0.2, -0.15) is 4.73 Å². The fraction of sp³-hybridized carbons (Fsp3) is 0. The van der Waals surface area contributed by atoms with Crippen LogP contribution < -0.4 is 4.73 Å². The van der Waals surface area contributed by atoms with Crippen LogP contribution in [0.15, 0.2) is 60.8 Å². The van der Waals surface area contributed by atoms with E-state index in [1.54, 1.807) is 0 Å². The van der Waals surface area contributed by atoms with E-state index < -0.39 is 4.92 Å². The molecule has 3 aromatic rings. The molecule has 1 fully saturated rings. The minimum absolute atomic E-state index is 0.104. The van der Waals surface area contributed by atoms with Crippen molar-refractivity contribution in [1.29, 1.82) is 0 Å². The van der Waals surface area contributed by atoms with E-state index in [1.165, 1.54) is 18.3 Å². The SMILES string of the molecule is O=[N+]([O-])c1cc[n+]([O-])c([C]2[CH][CH][CH][C]2c2cccc3ccccc23)c1. The van der Waals surface area contributed by atoms with Crippen LogP contribution in [0, 0.1) is 46.4 Å². The van der Waals surface area contributed by atoms with Crippen molar-refractivity contribution in [2.24, 2.45) is 0 Å². The minimum Gasteiger partial charge on any atom is -0.618 e. The number of pyridine rings is 1. The van der Waals surface area contributed by atoms with Crippen molar-refractivity contribution in [1.82, 2.24) is 0 Å². The van der Waals surface area contributed by atoms with Gasteiger partial charge in [0.15, 0.2) is 6.20 Å². The molecule has 1 saturated carbocycles. The van der Waals surface area contributed by atoms with Crippen molar-refractivity contribution in [2.75, 3.05) is 0 Å². The van der Waals surface area contributed by atoms with E-state index in [2.05, 4.69) is 0 Å². The summed E-state index contributed by atoms with van der Waals surface area (Å²) in [5.41, 5.74) is 1.15. The maximum Gasteiger partial charge on any atom is 0.281 e. The molecule has 5 radical (unpaired) electrons. The van der Waals surface area contributed by atoms with Crippen molar-refractivity contribution in [3.05, 3.63) is 118 Å². The molecule has 0 saturated heterocycles. The molecular weight excluding hydrogens is 316 g/mol. The van der Waals surface area contributed by atoms with Gasteiger partial charge in [0.25, 0.3) is 5.69 Å². The van der Waals surface area contributed by atoms with E-state index in [0.29, 0.717) is 10.6 Å². The third-order valence-electron chi connectivity index (χ3n) is 4.29. The summed E-state index contributed by atoms with van der Waals surface area (Å²) in [7, 11) is 0. The molecule has 5 nitrogen and oxygen atoms in total. The maximum absolute atomic E-state index is 12.2. The second-order valence-corrected chi connectivity index (χ2v) is 5.73. The topological polar surface area (TPSA) is 70.1 Å². The molecule has 1 aliphatic rings. The Bertz CT molecular complexity index is 949. The van der Waals surface area contributed by atoms with E-state index in [4.69, 9.17) is 0 Å². The fourth-order valence-electron chi connectivity index (χ4n) is 3.12. The Balaban J connectivity index is 1.81. The fourth-order valence-corrected chi connectivity index (χ4v) is 3.12. The molecule has 1 aliphatic carbocycles. The smallest absolute Gasteiger partial charge is 0.281 e. The summed E-state index contributed by atoms with van der Waals surface area (Å²) in [4.78, 5) is 10.6. The van der Waals surface area contributed by atoms with E-state index in [-0.39, 0.29) is 11.4 Å². The van der Waals surface area contributed by atoms with Gasteiger partial charge in [-0.15, -0.1) is 0 Å². The van der Waals surface area contributed by atoms with Crippen LogP contribution in [0.4, 0.5) is 5.69 Å². The predicted octanol–water partition coefficient (Wildman–Crippen LogP) is 3.55. The summed E-state index contributed by atoms with van der Waals surface area (Å²) in [5, 5.41) is 25.5. The lowest BCUT2D eigenvalue weighted by atomic mass is 9.84. The first-order valence-corrected chi connectivity index (χ1v) is 7.77. The molecule has 25 heavy (non-hydrogen) atoms. The van der Waals surface area contributed by atoms with Crippen LogP contribution in [-0.2, 0) is 0 Å². The van der Waals surface area contributed by atoms with Crippen molar-refractivity contribution in [3.8, 4) is 0 Å². The van der Waals surface area contributed by atoms with Gasteiger partial charge in [0.05, 0.1) is 23.0 Å². The normalized spacial score (nSPS) is 15.7. The van der Waals surface area contributed by atoms with Crippen LogP contribution >= 0.6 is 0 Å². The Labute approximate surface area is 145 Å². The number of rotatable bonds is 3. The van der Waals surface area contributed by atoms with Gasteiger partial charge in [-0.3, -0.25) is 10.1 Å². The lowest BCUT2D eigenvalue weighted by molar-refractivity contribution is -0.612. The number of aromatic nitrogens is 1. The lowest BCUT2D eigenvalue weighted by Crippen LogP contribution is -2.34. The highest BCUT2D eigenvalue weighted by Gasteiger charge is 2.38. The van der Waals surface area contributed by atoms with Crippen molar-refractivity contribution >= 4 is 16.5 Å². The molecule has 5 heteroatoms. The number of nitrogens with zero attached hydrogens (tertiary/aromatic N) is 2. The zero-order chi connectivity index (χ0) is 17.4. The van der Waals surface area contributed by atoms with Gasteiger partial charge in [-0.05, 0) is 35.6 Å². The molecule has 0 unspecified atom stereocenters. The van der Waals surface area contributed by atoms with Crippen LogP contribution in [-0.4, -0.2) is 4.92 Å². The molecule has 0 amide bonds. The first-order valence-electron chi connectivity index (χ1n) is 7.77. The van der Waals surface area contributed by atoms with Gasteiger partial charge in [0.1, 0.15) is 0 Å². The summed E-state index contributed by atoms with van der Waals surface area (Å²) in [6.07, 6.45) is 6.76. The average molecular weight is 329 g/mol. The van der Waals surface area contributed by atoms with Gasteiger partial charge in [-0.1, -0.05) is 42.5 Å². The zero-order valence-corrected chi connectivity index (χ0v) is 13.1. The first kappa shape index (κ1) is 15.6. The van der Waals surface area contributed by atoms with Crippen LogP contribution in [0.1, 0.15) is 11.3 Å². The minimum atomic E-state index is -0.496. The highest BCUT2D eigenvalue weighted by molar-refractivity contribution is 5.89. The van der Waals surface area contributed by atoms with E-state index in [9.17, 15) is 15.3 Å². The van der Waals surface area contributed by atoms with Crippen LogP contribution in [0.25, 0.3) is 10.8 Å². The molecular formula is C20H13N2O3. The van der Waals surface area contributed by atoms with E-state index in [1.807, 2.05) is 61.7 Å². The summed E-state index contributed by atoms with van der Waals surface area (Å²) >= 11 is 0. The largest absolute Gasteiger partial charge is 0.618 e. The molecule has 4 rings (SSSR count). The highest BCUT2D eigenvalue weighted by Crippen LogP contribution is 2.43. The second kappa shape index (κ2) is 6.16. The Kier molecular flexibility index (Phi) is 3.84. The van der Waals surface area contributed by atoms with Crippen molar-refractivity contribution in [3.63, 3.8) is 0 Å². The number of fused-ring (bicyclic) bond motifs is 1. The van der Waals surface area contributed by atoms with Gasteiger partial charge in [0.2, 0.25) is 5.69 Å². The molecule has 0 aliphatic heterocycles. The van der Waals surface area contributed by atoms with E-state index in [0.717, 1.165) is 22.3 Å². The molecule has 0 spiro atoms. The molecule has 1 aromatic heterocycles. The monoisotopic (exact) mass is 329 g/mol. The number of hydrogen-bond acceptors (Lipinski definition) is 3. The predicted molar refractivity (Wildman–Crippen MR) is 93.6 cm³/mol. The summed E-state index contributed by atoms with van der Waals surface area (Å²) < 4.78 is 0.664. The molecule has 2 aromatic carbocycles. The first-order chi connectivity index (χ1) is 12.1. The standard InChI is InChI=1S/C20H13N2O3/c23-21-12-11-15(22(24)25)13-20(21)19-10-4-9-18(19)17-8-3-6-14-5-1-2-7-16(14)17/h1-13H. The van der Waals surface area contributed by atoms with Crippen LogP contribution in [0.3, 0.4) is 0 Å². The Morgan fingerprint density at radius 3 is 2.52 bits per heavy atom. The maximum atomic E-state index is 12.2. The van der Waals surface area contributed by atoms with Crippen LogP contribution in [0.2, 0.25) is 0 Å². The molecule has 121 valence electrons. The van der Waals surface area contributed by atoms with E-state index >= 15 is 0 Å². The summed E-state index contributed by atoms with van der Waals surface area (Å²) in [5.74, 6) is 1.55. The van der Waals surface area contributed by atoms with Gasteiger partial charge >= 0.3 is 0 Å². The lowest BCUT2D eigenvalue weighted by Gasteiger charge is -2.19. The Morgan fingerprint density at radius 2 is 1.68 bits per heavy atom. The zero-order valence-electron chi connectivity index (χ0n) is 13.1. The number of benzene rings is 2. The van der Waals surface area contributed by atoms with Crippen molar-refractivity contribution in [2.45, 2.75) is 0 Å². The Morgan fingerprint density at radius 1 is 0.920 bits per heavy atom. The van der Waals surface area contributed by atoms with Gasteiger partial charge in [-0.25, -0.2) is 0 Å². The second-order valence-electron chi connectivity index (χ2n) is 5.73. The third kappa shape index (κ3) is 2.71. The average Bonchev–Trinajstić information content (AvgIpc) is 3.10. The quantitative estimate of drug-likeness (QED) is 0.319. The molecule has 1 heterocycles. The molecule has 0 atom stereocenters. The van der Waals surface area contributed by atoms with Crippen LogP contribution in [0.5, 0.6) is 0 Å². The molecule has 0 bridgehead atoms. The summed E-state index contributed by atoms with van der Waals surface area (Å²) in [6, 6.07) is 16.5. The van der Waals surface area contributed by atoms with Gasteiger partial charge in [0, 0.05) is 5.92 Å². The summed E-state index contributed by atoms with van der Waals surface area (Å²) in [6.45, 7) is 0. The number of hydrogen-bond donors (Lipinski definition) is 0. The Hall–Kier alpha value is -2.95. The molecule has 0 N–H and O–H groups in total. The van der Waals surface area contributed by atoms with Gasteiger partial charge < -0.3 is 5.21 Å². The highest BCUT2D eigenvalue weighted by atomic mass is 16.6. The van der Waals surface area contributed by atoms with Crippen molar-refractivity contribution < 1.29 is 9.65 Å².